The van der Waals surface area contributed by atoms with Gasteiger partial charge in [0.25, 0.3) is 0 Å². The van der Waals surface area contributed by atoms with Gasteiger partial charge < -0.3 is 19.9 Å². The van der Waals surface area contributed by atoms with Gasteiger partial charge in [-0.25, -0.2) is 4.39 Å². The van der Waals surface area contributed by atoms with Gasteiger partial charge in [-0.3, -0.25) is 0 Å². The summed E-state index contributed by atoms with van der Waals surface area (Å²) < 4.78 is 23.5. The van der Waals surface area contributed by atoms with E-state index in [2.05, 4.69) is 5.32 Å². The lowest BCUT2D eigenvalue weighted by Gasteiger charge is -2.17. The van der Waals surface area contributed by atoms with Crippen LogP contribution < -0.4 is 5.32 Å². The molecule has 0 fully saturated rings. The SMILES string of the molecule is CCOCCOCC(O)CN[C@H](C)c1cccc(F)c1. The topological polar surface area (TPSA) is 50.7 Å². The summed E-state index contributed by atoms with van der Waals surface area (Å²) in [5.41, 5.74) is 0.856. The third-order valence-corrected chi connectivity index (χ3v) is 2.89. The predicted molar refractivity (Wildman–Crippen MR) is 76.1 cm³/mol. The van der Waals surface area contributed by atoms with Crippen LogP contribution in [0, 0.1) is 5.82 Å². The molecule has 1 aromatic rings. The molecule has 0 amide bonds. The van der Waals surface area contributed by atoms with Crippen molar-refractivity contribution >= 4 is 0 Å². The number of benzene rings is 1. The second-order valence-corrected chi connectivity index (χ2v) is 4.61. The van der Waals surface area contributed by atoms with Crippen LogP contribution in [0.25, 0.3) is 0 Å². The van der Waals surface area contributed by atoms with E-state index in [1.807, 2.05) is 19.9 Å². The van der Waals surface area contributed by atoms with E-state index in [1.54, 1.807) is 6.07 Å². The van der Waals surface area contributed by atoms with Gasteiger partial charge in [0, 0.05) is 19.2 Å². The van der Waals surface area contributed by atoms with Crippen molar-refractivity contribution in [2.24, 2.45) is 0 Å². The summed E-state index contributed by atoms with van der Waals surface area (Å²) in [5.74, 6) is -0.254. The molecule has 0 aliphatic heterocycles. The Bertz CT molecular complexity index is 376. The first kappa shape index (κ1) is 17.0. The Morgan fingerprint density at radius 3 is 2.75 bits per heavy atom. The van der Waals surface area contributed by atoms with E-state index in [4.69, 9.17) is 9.47 Å². The number of hydrogen-bond donors (Lipinski definition) is 2. The first-order valence-corrected chi connectivity index (χ1v) is 6.96. The highest BCUT2D eigenvalue weighted by Crippen LogP contribution is 2.13. The summed E-state index contributed by atoms with van der Waals surface area (Å²) in [7, 11) is 0. The number of nitrogens with one attached hydrogen (secondary N) is 1. The molecule has 1 unspecified atom stereocenters. The summed E-state index contributed by atoms with van der Waals surface area (Å²) in [4.78, 5) is 0. The number of ether oxygens (including phenoxy) is 2. The van der Waals surface area contributed by atoms with Gasteiger partial charge in [0.15, 0.2) is 0 Å². The molecule has 0 heterocycles. The normalized spacial score (nSPS) is 14.2. The van der Waals surface area contributed by atoms with Crippen LogP contribution >= 0.6 is 0 Å². The number of halogens is 1. The Balaban J connectivity index is 2.18. The third-order valence-electron chi connectivity index (χ3n) is 2.89. The molecule has 1 rings (SSSR count). The van der Waals surface area contributed by atoms with Crippen molar-refractivity contribution in [3.05, 3.63) is 35.6 Å². The quantitative estimate of drug-likeness (QED) is 0.645. The Labute approximate surface area is 119 Å². The van der Waals surface area contributed by atoms with Crippen LogP contribution in [-0.2, 0) is 9.47 Å². The molecule has 0 saturated carbocycles. The highest BCUT2D eigenvalue weighted by Gasteiger charge is 2.09. The third kappa shape index (κ3) is 6.96. The highest BCUT2D eigenvalue weighted by atomic mass is 19.1. The molecule has 2 atom stereocenters. The van der Waals surface area contributed by atoms with E-state index < -0.39 is 6.10 Å². The molecule has 0 spiro atoms. The van der Waals surface area contributed by atoms with Crippen molar-refractivity contribution in [2.45, 2.75) is 26.0 Å². The molecule has 0 saturated heterocycles. The number of hydrogen-bond acceptors (Lipinski definition) is 4. The molecule has 0 radical (unpaired) electrons. The molecule has 4 nitrogen and oxygen atoms in total. The van der Waals surface area contributed by atoms with Crippen LogP contribution in [0.15, 0.2) is 24.3 Å². The largest absolute Gasteiger partial charge is 0.389 e. The van der Waals surface area contributed by atoms with Crippen molar-refractivity contribution < 1.29 is 19.0 Å². The van der Waals surface area contributed by atoms with E-state index in [0.29, 0.717) is 26.4 Å². The highest BCUT2D eigenvalue weighted by molar-refractivity contribution is 5.19. The lowest BCUT2D eigenvalue weighted by molar-refractivity contribution is 0.00586. The summed E-state index contributed by atoms with van der Waals surface area (Å²) in [5, 5.41) is 12.9. The zero-order valence-electron chi connectivity index (χ0n) is 12.1. The monoisotopic (exact) mass is 285 g/mol. The van der Waals surface area contributed by atoms with Gasteiger partial charge in [0.1, 0.15) is 5.82 Å². The molecule has 0 aromatic heterocycles. The molecule has 1 aromatic carbocycles. The van der Waals surface area contributed by atoms with Crippen LogP contribution in [0.5, 0.6) is 0 Å². The fraction of sp³-hybridized carbons (Fsp3) is 0.600. The lowest BCUT2D eigenvalue weighted by Crippen LogP contribution is -2.32. The van der Waals surface area contributed by atoms with E-state index in [9.17, 15) is 9.50 Å². The minimum Gasteiger partial charge on any atom is -0.389 e. The zero-order valence-corrected chi connectivity index (χ0v) is 12.1. The summed E-state index contributed by atoms with van der Waals surface area (Å²) in [6.45, 7) is 6.19. The van der Waals surface area contributed by atoms with Crippen LogP contribution in [0.1, 0.15) is 25.5 Å². The molecule has 5 heteroatoms. The molecular weight excluding hydrogens is 261 g/mol. The van der Waals surface area contributed by atoms with Gasteiger partial charge in [-0.05, 0) is 31.5 Å². The number of aliphatic hydroxyl groups excluding tert-OH is 1. The maximum Gasteiger partial charge on any atom is 0.123 e. The molecule has 20 heavy (non-hydrogen) atoms. The van der Waals surface area contributed by atoms with Gasteiger partial charge in [-0.15, -0.1) is 0 Å². The van der Waals surface area contributed by atoms with Crippen molar-refractivity contribution in [3.63, 3.8) is 0 Å². The fourth-order valence-electron chi connectivity index (χ4n) is 1.75. The predicted octanol–water partition coefficient (Wildman–Crippen LogP) is 1.89. The van der Waals surface area contributed by atoms with Gasteiger partial charge in [0.2, 0.25) is 0 Å². The minimum atomic E-state index is -0.590. The first-order valence-electron chi connectivity index (χ1n) is 6.96. The Kier molecular flexibility index (Phi) is 8.37. The Morgan fingerprint density at radius 1 is 1.30 bits per heavy atom. The van der Waals surface area contributed by atoms with Crippen molar-refractivity contribution in [3.8, 4) is 0 Å². The van der Waals surface area contributed by atoms with Gasteiger partial charge in [-0.2, -0.15) is 0 Å². The molecule has 0 bridgehead atoms. The molecule has 2 N–H and O–H groups in total. The van der Waals surface area contributed by atoms with E-state index in [-0.39, 0.29) is 18.5 Å². The molecule has 0 aliphatic rings. The van der Waals surface area contributed by atoms with E-state index >= 15 is 0 Å². The second kappa shape index (κ2) is 9.83. The van der Waals surface area contributed by atoms with E-state index in [0.717, 1.165) is 5.56 Å². The van der Waals surface area contributed by atoms with Gasteiger partial charge >= 0.3 is 0 Å². The number of rotatable bonds is 10. The van der Waals surface area contributed by atoms with Crippen molar-refractivity contribution in [1.82, 2.24) is 5.32 Å². The van der Waals surface area contributed by atoms with Crippen LogP contribution in [0.3, 0.4) is 0 Å². The summed E-state index contributed by atoms with van der Waals surface area (Å²) >= 11 is 0. The summed E-state index contributed by atoms with van der Waals surface area (Å²) in [6.07, 6.45) is -0.590. The van der Waals surface area contributed by atoms with Crippen molar-refractivity contribution in [1.29, 1.82) is 0 Å². The maximum absolute atomic E-state index is 13.1. The molecule has 0 aliphatic carbocycles. The average molecular weight is 285 g/mol. The second-order valence-electron chi connectivity index (χ2n) is 4.61. The van der Waals surface area contributed by atoms with Gasteiger partial charge in [0.05, 0.1) is 25.9 Å². The molecular formula is C15H24FNO3. The Hall–Kier alpha value is -1.01. The average Bonchev–Trinajstić information content (AvgIpc) is 2.44. The Morgan fingerprint density at radius 2 is 2.05 bits per heavy atom. The number of aliphatic hydroxyl groups is 1. The van der Waals surface area contributed by atoms with Crippen LogP contribution in [0.4, 0.5) is 4.39 Å². The zero-order chi connectivity index (χ0) is 14.8. The maximum atomic E-state index is 13.1. The fourth-order valence-corrected chi connectivity index (χ4v) is 1.75. The first-order chi connectivity index (χ1) is 9.63. The minimum absolute atomic E-state index is 0.0243. The molecule has 114 valence electrons. The smallest absolute Gasteiger partial charge is 0.123 e. The van der Waals surface area contributed by atoms with Crippen molar-refractivity contribution in [2.75, 3.05) is 33.0 Å². The van der Waals surface area contributed by atoms with Crippen LogP contribution in [0.2, 0.25) is 0 Å². The standard InChI is InChI=1S/C15H24FNO3/c1-3-19-7-8-20-11-15(18)10-17-12(2)13-5-4-6-14(16)9-13/h4-6,9,12,15,17-18H,3,7-8,10-11H2,1-2H3/t12-,15?/m1/s1. The lowest BCUT2D eigenvalue weighted by atomic mass is 10.1. The van der Waals surface area contributed by atoms with Gasteiger partial charge in [-0.1, -0.05) is 12.1 Å². The van der Waals surface area contributed by atoms with E-state index in [1.165, 1.54) is 12.1 Å². The summed E-state index contributed by atoms with van der Waals surface area (Å²) in [6, 6.07) is 6.41. The van der Waals surface area contributed by atoms with Crippen LogP contribution in [-0.4, -0.2) is 44.2 Å².